The van der Waals surface area contributed by atoms with Crippen LogP contribution in [-0.2, 0) is 9.53 Å². The zero-order valence-corrected chi connectivity index (χ0v) is 12.1. The van der Waals surface area contributed by atoms with Crippen LogP contribution in [0.5, 0.6) is 5.75 Å². The Labute approximate surface area is 122 Å². The minimum Gasteiger partial charge on any atom is -0.468 e. The number of halogens is 2. The van der Waals surface area contributed by atoms with Crippen molar-refractivity contribution in [3.8, 4) is 5.75 Å². The van der Waals surface area contributed by atoms with Crippen molar-refractivity contribution in [2.75, 3.05) is 6.61 Å². The molecule has 1 saturated carbocycles. The standard InChI is InChI=1S/C12H11BrFNO5/c1-2-19-11(16)12(3-4-12)20-9-6-7(13)5-8(14)10(9)15(17)18/h5-6H,2-4H2,1H3. The molecule has 0 atom stereocenters. The second kappa shape index (κ2) is 5.35. The summed E-state index contributed by atoms with van der Waals surface area (Å²) in [6.07, 6.45) is 0.772. The first-order chi connectivity index (χ1) is 9.39. The van der Waals surface area contributed by atoms with Crippen LogP contribution in [0, 0.1) is 15.9 Å². The number of benzene rings is 1. The minimum atomic E-state index is -1.23. The predicted octanol–water partition coefficient (Wildman–Crippen LogP) is 2.97. The highest BCUT2D eigenvalue weighted by Gasteiger charge is 2.55. The van der Waals surface area contributed by atoms with Crippen molar-refractivity contribution in [1.82, 2.24) is 0 Å². The van der Waals surface area contributed by atoms with Crippen molar-refractivity contribution in [2.24, 2.45) is 0 Å². The Hall–Kier alpha value is -1.70. The van der Waals surface area contributed by atoms with Crippen LogP contribution in [0.2, 0.25) is 0 Å². The van der Waals surface area contributed by atoms with Crippen molar-refractivity contribution in [1.29, 1.82) is 0 Å². The number of nitro benzene ring substituents is 1. The second-order valence-electron chi connectivity index (χ2n) is 4.31. The molecule has 20 heavy (non-hydrogen) atoms. The topological polar surface area (TPSA) is 78.7 Å². The molecule has 0 unspecified atom stereocenters. The fourth-order valence-electron chi connectivity index (χ4n) is 1.73. The van der Waals surface area contributed by atoms with Gasteiger partial charge in [0.1, 0.15) is 0 Å². The lowest BCUT2D eigenvalue weighted by Gasteiger charge is -2.16. The number of carbonyl (C=O) groups excluding carboxylic acids is 1. The smallest absolute Gasteiger partial charge is 0.350 e. The van der Waals surface area contributed by atoms with Gasteiger partial charge in [-0.1, -0.05) is 15.9 Å². The van der Waals surface area contributed by atoms with E-state index in [9.17, 15) is 19.3 Å². The monoisotopic (exact) mass is 347 g/mol. The van der Waals surface area contributed by atoms with Crippen molar-refractivity contribution >= 4 is 27.6 Å². The van der Waals surface area contributed by atoms with Gasteiger partial charge in [0, 0.05) is 23.4 Å². The van der Waals surface area contributed by atoms with Crippen molar-refractivity contribution in [3.63, 3.8) is 0 Å². The molecular formula is C12H11BrFNO5. The van der Waals surface area contributed by atoms with Crippen molar-refractivity contribution in [3.05, 3.63) is 32.5 Å². The molecule has 0 amide bonds. The first kappa shape index (κ1) is 14.7. The highest BCUT2D eigenvalue weighted by molar-refractivity contribution is 9.10. The van der Waals surface area contributed by atoms with E-state index < -0.39 is 28.0 Å². The van der Waals surface area contributed by atoms with Gasteiger partial charge >= 0.3 is 11.7 Å². The Morgan fingerprint density at radius 3 is 2.70 bits per heavy atom. The van der Waals surface area contributed by atoms with Gasteiger partial charge < -0.3 is 9.47 Å². The summed E-state index contributed by atoms with van der Waals surface area (Å²) in [5.74, 6) is -1.90. The van der Waals surface area contributed by atoms with Crippen LogP contribution in [0.4, 0.5) is 10.1 Å². The average molecular weight is 348 g/mol. The minimum absolute atomic E-state index is 0.179. The molecule has 6 nitrogen and oxygen atoms in total. The predicted molar refractivity (Wildman–Crippen MR) is 70.0 cm³/mol. The molecule has 1 aromatic carbocycles. The molecule has 1 aliphatic carbocycles. The van der Waals surface area contributed by atoms with Crippen LogP contribution >= 0.6 is 15.9 Å². The summed E-state index contributed by atoms with van der Waals surface area (Å²) in [6.45, 7) is 1.83. The molecule has 1 aliphatic rings. The third-order valence-electron chi connectivity index (χ3n) is 2.83. The number of hydrogen-bond acceptors (Lipinski definition) is 5. The third-order valence-corrected chi connectivity index (χ3v) is 3.29. The number of nitrogens with zero attached hydrogens (tertiary/aromatic N) is 1. The normalized spacial score (nSPS) is 15.6. The fraction of sp³-hybridized carbons (Fsp3) is 0.417. The van der Waals surface area contributed by atoms with E-state index in [4.69, 9.17) is 9.47 Å². The molecule has 1 fully saturated rings. The number of carbonyl (C=O) groups is 1. The van der Waals surface area contributed by atoms with Gasteiger partial charge in [-0.3, -0.25) is 10.1 Å². The molecular weight excluding hydrogens is 337 g/mol. The molecule has 0 aliphatic heterocycles. The Kier molecular flexibility index (Phi) is 3.94. The molecule has 108 valence electrons. The van der Waals surface area contributed by atoms with Crippen LogP contribution in [0.25, 0.3) is 0 Å². The highest BCUT2D eigenvalue weighted by atomic mass is 79.9. The molecule has 2 rings (SSSR count). The van der Waals surface area contributed by atoms with Gasteiger partial charge in [0.25, 0.3) is 0 Å². The molecule has 0 aromatic heterocycles. The van der Waals surface area contributed by atoms with Gasteiger partial charge in [-0.15, -0.1) is 0 Å². The average Bonchev–Trinajstić information content (AvgIpc) is 3.08. The Morgan fingerprint density at radius 2 is 2.20 bits per heavy atom. The maximum Gasteiger partial charge on any atom is 0.350 e. The zero-order valence-electron chi connectivity index (χ0n) is 10.5. The number of nitro groups is 1. The van der Waals surface area contributed by atoms with Gasteiger partial charge in [-0.2, -0.15) is 4.39 Å². The fourth-order valence-corrected chi connectivity index (χ4v) is 2.14. The molecule has 0 N–H and O–H groups in total. The van der Waals surface area contributed by atoms with Gasteiger partial charge in [0.05, 0.1) is 11.5 Å². The maximum atomic E-state index is 13.6. The van der Waals surface area contributed by atoms with Crippen LogP contribution in [-0.4, -0.2) is 23.1 Å². The summed E-state index contributed by atoms with van der Waals surface area (Å²) >= 11 is 3.03. The van der Waals surface area contributed by atoms with E-state index in [1.165, 1.54) is 6.07 Å². The van der Waals surface area contributed by atoms with Gasteiger partial charge in [0.15, 0.2) is 0 Å². The first-order valence-electron chi connectivity index (χ1n) is 5.89. The largest absolute Gasteiger partial charge is 0.468 e. The van der Waals surface area contributed by atoms with Crippen LogP contribution in [0.15, 0.2) is 16.6 Å². The van der Waals surface area contributed by atoms with Gasteiger partial charge in [0.2, 0.25) is 17.2 Å². The quantitative estimate of drug-likeness (QED) is 0.464. The first-order valence-corrected chi connectivity index (χ1v) is 6.68. The van der Waals surface area contributed by atoms with E-state index in [0.29, 0.717) is 12.8 Å². The molecule has 0 spiro atoms. The lowest BCUT2D eigenvalue weighted by molar-refractivity contribution is -0.388. The molecule has 0 heterocycles. The van der Waals surface area contributed by atoms with Gasteiger partial charge in [-0.05, 0) is 13.0 Å². The zero-order chi connectivity index (χ0) is 14.9. The maximum absolute atomic E-state index is 13.6. The van der Waals surface area contributed by atoms with Crippen molar-refractivity contribution < 1.29 is 23.6 Å². The summed E-state index contributed by atoms with van der Waals surface area (Å²) in [6, 6.07) is 2.23. The van der Waals surface area contributed by atoms with E-state index >= 15 is 0 Å². The Bertz CT molecular complexity index is 573. The molecule has 0 bridgehead atoms. The lowest BCUT2D eigenvalue weighted by atomic mass is 10.2. The molecule has 0 radical (unpaired) electrons. The summed E-state index contributed by atoms with van der Waals surface area (Å²) in [7, 11) is 0. The second-order valence-corrected chi connectivity index (χ2v) is 5.22. The van der Waals surface area contributed by atoms with E-state index in [2.05, 4.69) is 15.9 Å². The summed E-state index contributed by atoms with van der Waals surface area (Å²) in [5.41, 5.74) is -2.02. The Balaban J connectivity index is 2.34. The summed E-state index contributed by atoms with van der Waals surface area (Å²) in [5, 5.41) is 10.9. The summed E-state index contributed by atoms with van der Waals surface area (Å²) in [4.78, 5) is 21.8. The van der Waals surface area contributed by atoms with Crippen LogP contribution in [0.1, 0.15) is 19.8 Å². The SMILES string of the molecule is CCOC(=O)C1(Oc2cc(Br)cc(F)c2[N+](=O)[O-])CC1. The molecule has 0 saturated heterocycles. The van der Waals surface area contributed by atoms with E-state index in [1.54, 1.807) is 6.92 Å². The van der Waals surface area contributed by atoms with E-state index in [-0.39, 0.29) is 16.8 Å². The van der Waals surface area contributed by atoms with Crippen LogP contribution in [0.3, 0.4) is 0 Å². The van der Waals surface area contributed by atoms with E-state index in [0.717, 1.165) is 6.07 Å². The van der Waals surface area contributed by atoms with E-state index in [1.807, 2.05) is 0 Å². The third kappa shape index (κ3) is 2.74. The number of ether oxygens (including phenoxy) is 2. The highest BCUT2D eigenvalue weighted by Crippen LogP contribution is 2.45. The Morgan fingerprint density at radius 1 is 1.55 bits per heavy atom. The number of esters is 1. The lowest BCUT2D eigenvalue weighted by Crippen LogP contribution is -2.31. The van der Waals surface area contributed by atoms with Crippen LogP contribution < -0.4 is 4.74 Å². The summed E-state index contributed by atoms with van der Waals surface area (Å²) < 4.78 is 24.2. The number of hydrogen-bond donors (Lipinski definition) is 0. The van der Waals surface area contributed by atoms with Gasteiger partial charge in [-0.25, -0.2) is 4.79 Å². The molecule has 8 heteroatoms. The van der Waals surface area contributed by atoms with Crippen molar-refractivity contribution in [2.45, 2.75) is 25.4 Å². The molecule has 1 aromatic rings. The number of rotatable bonds is 5.